The maximum atomic E-state index is 11.8. The summed E-state index contributed by atoms with van der Waals surface area (Å²) < 4.78 is 10.3. The normalized spacial score (nSPS) is 10.2. The predicted octanol–water partition coefficient (Wildman–Crippen LogP) is 2.60. The van der Waals surface area contributed by atoms with E-state index in [1.807, 2.05) is 31.2 Å². The summed E-state index contributed by atoms with van der Waals surface area (Å²) in [6.45, 7) is 3.55. The van der Waals surface area contributed by atoms with Crippen LogP contribution in [0.2, 0.25) is 0 Å². The van der Waals surface area contributed by atoms with Gasteiger partial charge in [0.15, 0.2) is 0 Å². The van der Waals surface area contributed by atoms with Crippen LogP contribution in [-0.2, 0) is 4.74 Å². The Kier molecular flexibility index (Phi) is 6.38. The topological polar surface area (TPSA) is 72.5 Å². The Bertz CT molecular complexity index is 612. The van der Waals surface area contributed by atoms with Crippen LogP contribution in [0.25, 0.3) is 0 Å². The Morgan fingerprint density at radius 2 is 1.96 bits per heavy atom. The van der Waals surface area contributed by atoms with Crippen LogP contribution in [0.4, 0.5) is 11.5 Å². The first-order valence-corrected chi connectivity index (χ1v) is 7.46. The number of ether oxygens (including phenoxy) is 2. The van der Waals surface area contributed by atoms with Gasteiger partial charge in [-0.05, 0) is 43.3 Å². The van der Waals surface area contributed by atoms with E-state index in [0.717, 1.165) is 11.4 Å². The number of benzene rings is 1. The summed E-state index contributed by atoms with van der Waals surface area (Å²) in [7, 11) is 1.59. The van der Waals surface area contributed by atoms with Crippen LogP contribution in [0.1, 0.15) is 17.3 Å². The van der Waals surface area contributed by atoms with E-state index in [9.17, 15) is 4.79 Å². The maximum absolute atomic E-state index is 11.8. The van der Waals surface area contributed by atoms with Crippen molar-refractivity contribution in [3.8, 4) is 5.75 Å². The quantitative estimate of drug-likeness (QED) is 0.733. The molecule has 1 amide bonds. The number of carbonyl (C=O) groups is 1. The fourth-order valence-corrected chi connectivity index (χ4v) is 1.92. The third-order valence-electron chi connectivity index (χ3n) is 3.06. The summed E-state index contributed by atoms with van der Waals surface area (Å²) in [5.74, 6) is 1.33. The number of carbonyl (C=O) groups excluding carboxylic acids is 1. The van der Waals surface area contributed by atoms with Crippen LogP contribution in [0.15, 0.2) is 42.6 Å². The van der Waals surface area contributed by atoms with Crippen molar-refractivity contribution in [1.29, 1.82) is 0 Å². The van der Waals surface area contributed by atoms with Crippen molar-refractivity contribution in [3.05, 3.63) is 48.2 Å². The van der Waals surface area contributed by atoms with Gasteiger partial charge in [-0.1, -0.05) is 0 Å². The molecular formula is C17H21N3O3. The molecule has 2 N–H and O–H groups in total. The largest absolute Gasteiger partial charge is 0.494 e. The van der Waals surface area contributed by atoms with Crippen LogP contribution in [0.3, 0.4) is 0 Å². The van der Waals surface area contributed by atoms with Crippen molar-refractivity contribution in [1.82, 2.24) is 10.3 Å². The summed E-state index contributed by atoms with van der Waals surface area (Å²) in [5, 5.41) is 5.92. The molecule has 6 nitrogen and oxygen atoms in total. The van der Waals surface area contributed by atoms with E-state index in [0.29, 0.717) is 31.1 Å². The maximum Gasteiger partial charge on any atom is 0.252 e. The molecule has 0 unspecified atom stereocenters. The number of methoxy groups -OCH3 is 1. The van der Waals surface area contributed by atoms with Gasteiger partial charge in [-0.25, -0.2) is 4.98 Å². The molecule has 1 heterocycles. The molecule has 23 heavy (non-hydrogen) atoms. The van der Waals surface area contributed by atoms with E-state index in [-0.39, 0.29) is 5.91 Å². The molecule has 0 aliphatic carbocycles. The van der Waals surface area contributed by atoms with E-state index < -0.39 is 0 Å². The second-order valence-electron chi connectivity index (χ2n) is 4.76. The van der Waals surface area contributed by atoms with Gasteiger partial charge in [-0.15, -0.1) is 0 Å². The summed E-state index contributed by atoms with van der Waals surface area (Å²) in [5.41, 5.74) is 1.41. The van der Waals surface area contributed by atoms with E-state index in [1.54, 1.807) is 25.4 Å². The molecule has 0 fully saturated rings. The Hall–Kier alpha value is -2.60. The van der Waals surface area contributed by atoms with E-state index in [4.69, 9.17) is 9.47 Å². The van der Waals surface area contributed by atoms with Crippen molar-refractivity contribution >= 4 is 17.4 Å². The molecule has 0 radical (unpaired) electrons. The van der Waals surface area contributed by atoms with Crippen LogP contribution in [0.5, 0.6) is 5.75 Å². The van der Waals surface area contributed by atoms with E-state index >= 15 is 0 Å². The Morgan fingerprint density at radius 3 is 2.57 bits per heavy atom. The van der Waals surface area contributed by atoms with Crippen molar-refractivity contribution in [3.63, 3.8) is 0 Å². The standard InChI is InChI=1S/C17H21N3O3/c1-3-23-15-7-5-14(6-8-15)20-16-9-4-13(12-19-16)17(21)18-10-11-22-2/h4-9,12H,3,10-11H2,1-2H3,(H,18,21)(H,19,20). The van der Waals surface area contributed by atoms with Gasteiger partial charge in [0.25, 0.3) is 5.91 Å². The number of hydrogen-bond acceptors (Lipinski definition) is 5. The number of anilines is 2. The number of hydrogen-bond donors (Lipinski definition) is 2. The Labute approximate surface area is 135 Å². The zero-order valence-electron chi connectivity index (χ0n) is 13.3. The molecule has 0 spiro atoms. The van der Waals surface area contributed by atoms with Gasteiger partial charge in [0.05, 0.1) is 18.8 Å². The van der Waals surface area contributed by atoms with Gasteiger partial charge in [0.1, 0.15) is 11.6 Å². The fourth-order valence-electron chi connectivity index (χ4n) is 1.92. The van der Waals surface area contributed by atoms with Crippen LogP contribution >= 0.6 is 0 Å². The number of amides is 1. The number of rotatable bonds is 8. The Morgan fingerprint density at radius 1 is 1.17 bits per heavy atom. The van der Waals surface area contributed by atoms with E-state index in [1.165, 1.54) is 0 Å². The highest BCUT2D eigenvalue weighted by atomic mass is 16.5. The SMILES string of the molecule is CCOc1ccc(Nc2ccc(C(=O)NCCOC)cn2)cc1. The lowest BCUT2D eigenvalue weighted by Crippen LogP contribution is -2.26. The number of pyridine rings is 1. The lowest BCUT2D eigenvalue weighted by molar-refractivity contribution is 0.0937. The highest BCUT2D eigenvalue weighted by molar-refractivity contribution is 5.94. The molecule has 122 valence electrons. The molecule has 6 heteroatoms. The molecule has 1 aromatic heterocycles. The molecule has 0 aliphatic rings. The van der Waals surface area contributed by atoms with Crippen LogP contribution in [-0.4, -0.2) is 37.8 Å². The highest BCUT2D eigenvalue weighted by Gasteiger charge is 2.05. The molecule has 1 aromatic carbocycles. The molecule has 0 saturated carbocycles. The second-order valence-corrected chi connectivity index (χ2v) is 4.76. The lowest BCUT2D eigenvalue weighted by atomic mass is 10.2. The van der Waals surface area contributed by atoms with Crippen molar-refractivity contribution < 1.29 is 14.3 Å². The average Bonchev–Trinajstić information content (AvgIpc) is 2.58. The highest BCUT2D eigenvalue weighted by Crippen LogP contribution is 2.19. The van der Waals surface area contributed by atoms with Gasteiger partial charge < -0.3 is 20.1 Å². The van der Waals surface area contributed by atoms with Gasteiger partial charge in [0.2, 0.25) is 0 Å². The van der Waals surface area contributed by atoms with Gasteiger partial charge >= 0.3 is 0 Å². The van der Waals surface area contributed by atoms with Crippen molar-refractivity contribution in [2.45, 2.75) is 6.92 Å². The summed E-state index contributed by atoms with van der Waals surface area (Å²) in [6, 6.07) is 11.1. The monoisotopic (exact) mass is 315 g/mol. The summed E-state index contributed by atoms with van der Waals surface area (Å²) in [6.07, 6.45) is 1.54. The van der Waals surface area contributed by atoms with E-state index in [2.05, 4.69) is 15.6 Å². The lowest BCUT2D eigenvalue weighted by Gasteiger charge is -2.08. The summed E-state index contributed by atoms with van der Waals surface area (Å²) in [4.78, 5) is 16.1. The fraction of sp³-hybridized carbons (Fsp3) is 0.294. The molecule has 2 rings (SSSR count). The van der Waals surface area contributed by atoms with Crippen molar-refractivity contribution in [2.24, 2.45) is 0 Å². The zero-order valence-corrected chi connectivity index (χ0v) is 13.3. The number of nitrogens with zero attached hydrogens (tertiary/aromatic N) is 1. The first-order chi connectivity index (χ1) is 11.2. The minimum atomic E-state index is -0.165. The zero-order chi connectivity index (χ0) is 16.5. The number of nitrogens with one attached hydrogen (secondary N) is 2. The minimum absolute atomic E-state index is 0.165. The third-order valence-corrected chi connectivity index (χ3v) is 3.06. The van der Waals surface area contributed by atoms with Crippen molar-refractivity contribution in [2.75, 3.05) is 32.2 Å². The molecule has 0 saturated heterocycles. The van der Waals surface area contributed by atoms with Gasteiger partial charge in [0, 0.05) is 25.5 Å². The number of aromatic nitrogens is 1. The van der Waals surface area contributed by atoms with Gasteiger partial charge in [-0.3, -0.25) is 4.79 Å². The third kappa shape index (κ3) is 5.27. The van der Waals surface area contributed by atoms with Crippen LogP contribution in [0, 0.1) is 0 Å². The molecule has 0 atom stereocenters. The smallest absolute Gasteiger partial charge is 0.252 e. The summed E-state index contributed by atoms with van der Waals surface area (Å²) >= 11 is 0. The molecule has 0 bridgehead atoms. The average molecular weight is 315 g/mol. The molecular weight excluding hydrogens is 294 g/mol. The van der Waals surface area contributed by atoms with Crippen LogP contribution < -0.4 is 15.4 Å². The first kappa shape index (κ1) is 16.8. The Balaban J connectivity index is 1.92. The minimum Gasteiger partial charge on any atom is -0.494 e. The second kappa shape index (κ2) is 8.75. The predicted molar refractivity (Wildman–Crippen MR) is 89.3 cm³/mol. The molecule has 0 aliphatic heterocycles. The first-order valence-electron chi connectivity index (χ1n) is 7.46. The molecule has 2 aromatic rings. The van der Waals surface area contributed by atoms with Gasteiger partial charge in [-0.2, -0.15) is 0 Å².